The Balaban J connectivity index is 1.84. The number of rotatable bonds is 3. The van der Waals surface area contributed by atoms with Gasteiger partial charge in [-0.25, -0.2) is 0 Å². The third-order valence-electron chi connectivity index (χ3n) is 3.34. The van der Waals surface area contributed by atoms with Crippen molar-refractivity contribution in [2.45, 2.75) is 19.6 Å². The zero-order valence-corrected chi connectivity index (χ0v) is 15.2. The quantitative estimate of drug-likeness (QED) is 0.621. The van der Waals surface area contributed by atoms with Crippen LogP contribution in [0.25, 0.3) is 5.76 Å². The van der Waals surface area contributed by atoms with Gasteiger partial charge in [0.25, 0.3) is 0 Å². The smallest absolute Gasteiger partial charge is 0.245 e. The molecule has 0 saturated heterocycles. The Hall–Kier alpha value is -2.33. The average molecular weight is 384 g/mol. The van der Waals surface area contributed by atoms with Gasteiger partial charge in [0.2, 0.25) is 5.79 Å². The van der Waals surface area contributed by atoms with E-state index in [1.807, 2.05) is 80.6 Å². The van der Waals surface area contributed by atoms with Crippen LogP contribution in [-0.4, -0.2) is 12.0 Å². The highest BCUT2D eigenvalue weighted by Crippen LogP contribution is 2.32. The van der Waals surface area contributed by atoms with Gasteiger partial charge in [-0.1, -0.05) is 46.3 Å². The van der Waals surface area contributed by atoms with Gasteiger partial charge < -0.3 is 9.47 Å². The lowest BCUT2D eigenvalue weighted by Crippen LogP contribution is -2.30. The molecule has 0 aliphatic carbocycles. The maximum absolute atomic E-state index is 5.92. The normalized spacial score (nSPS) is 18.1. The molecule has 0 unspecified atom stereocenters. The second-order valence-electron chi connectivity index (χ2n) is 5.80. The lowest BCUT2D eigenvalue weighted by molar-refractivity contribution is -0.149. The van der Waals surface area contributed by atoms with Crippen LogP contribution in [0.5, 0.6) is 0 Å². The molecule has 24 heavy (non-hydrogen) atoms. The van der Waals surface area contributed by atoms with Crippen LogP contribution < -0.4 is 0 Å². The molecule has 0 radical (unpaired) electrons. The molecular weight excluding hydrogens is 366 g/mol. The largest absolute Gasteiger partial charge is 0.453 e. The zero-order valence-electron chi connectivity index (χ0n) is 13.6. The van der Waals surface area contributed by atoms with Crippen LogP contribution >= 0.6 is 15.9 Å². The van der Waals surface area contributed by atoms with Crippen molar-refractivity contribution in [1.29, 1.82) is 0 Å². The Morgan fingerprint density at radius 1 is 0.958 bits per heavy atom. The summed E-state index contributed by atoms with van der Waals surface area (Å²) in [4.78, 5) is 4.41. The van der Waals surface area contributed by atoms with Gasteiger partial charge in [-0.2, -0.15) is 0 Å². The Kier molecular flexibility index (Phi) is 4.86. The number of allylic oxidation sites excluding steroid dienone is 2. The van der Waals surface area contributed by atoms with Crippen LogP contribution in [-0.2, 0) is 9.47 Å². The molecule has 1 aliphatic rings. The Morgan fingerprint density at radius 3 is 2.38 bits per heavy atom. The highest BCUT2D eigenvalue weighted by Gasteiger charge is 2.28. The van der Waals surface area contributed by atoms with Crippen molar-refractivity contribution in [3.05, 3.63) is 82.5 Å². The summed E-state index contributed by atoms with van der Waals surface area (Å²) in [5, 5.41) is 0. The highest BCUT2D eigenvalue weighted by atomic mass is 79.9. The van der Waals surface area contributed by atoms with E-state index in [-0.39, 0.29) is 0 Å². The molecule has 0 N–H and O–H groups in total. The zero-order chi connectivity index (χ0) is 17.0. The minimum Gasteiger partial charge on any atom is -0.453 e. The molecule has 2 aromatic carbocycles. The summed E-state index contributed by atoms with van der Waals surface area (Å²) < 4.78 is 12.8. The van der Waals surface area contributed by atoms with Crippen LogP contribution in [0.3, 0.4) is 0 Å². The molecule has 4 heteroatoms. The second-order valence-corrected chi connectivity index (χ2v) is 6.72. The topological polar surface area (TPSA) is 30.8 Å². The van der Waals surface area contributed by atoms with Crippen molar-refractivity contribution < 1.29 is 9.47 Å². The molecule has 3 nitrogen and oxygen atoms in total. The van der Waals surface area contributed by atoms with E-state index in [0.717, 1.165) is 21.5 Å². The summed E-state index contributed by atoms with van der Waals surface area (Å²) in [6.07, 6.45) is 5.46. The van der Waals surface area contributed by atoms with Gasteiger partial charge in [0.15, 0.2) is 0 Å². The molecule has 0 amide bonds. The van der Waals surface area contributed by atoms with Crippen molar-refractivity contribution in [1.82, 2.24) is 0 Å². The van der Waals surface area contributed by atoms with Gasteiger partial charge in [0.05, 0.1) is 5.69 Å². The number of benzene rings is 2. The molecule has 0 aromatic heterocycles. The van der Waals surface area contributed by atoms with Gasteiger partial charge in [-0.3, -0.25) is 4.99 Å². The number of hydrogen-bond acceptors (Lipinski definition) is 3. The first kappa shape index (κ1) is 16.5. The summed E-state index contributed by atoms with van der Waals surface area (Å²) in [5.74, 6) is 0.776. The Labute approximate surface area is 150 Å². The van der Waals surface area contributed by atoms with Gasteiger partial charge in [0, 0.05) is 36.2 Å². The van der Waals surface area contributed by atoms with Gasteiger partial charge in [-0.15, -0.1) is 0 Å². The van der Waals surface area contributed by atoms with Crippen LogP contribution in [0.2, 0.25) is 0 Å². The number of nitrogens with zero attached hydrogens (tertiary/aromatic N) is 1. The van der Waals surface area contributed by atoms with Crippen LogP contribution in [0.15, 0.2) is 82.0 Å². The van der Waals surface area contributed by atoms with E-state index < -0.39 is 5.79 Å². The predicted octanol–water partition coefficient (Wildman–Crippen LogP) is 5.86. The minimum absolute atomic E-state index is 0.714. The molecular formula is C20H18BrNO2. The summed E-state index contributed by atoms with van der Waals surface area (Å²) in [7, 11) is 0. The first-order chi connectivity index (χ1) is 11.5. The molecule has 2 aromatic rings. The van der Waals surface area contributed by atoms with E-state index in [0.29, 0.717) is 5.76 Å². The van der Waals surface area contributed by atoms with Crippen molar-refractivity contribution >= 4 is 33.6 Å². The highest BCUT2D eigenvalue weighted by molar-refractivity contribution is 9.10. The van der Waals surface area contributed by atoms with Crippen LogP contribution in [0.1, 0.15) is 19.4 Å². The van der Waals surface area contributed by atoms with E-state index in [4.69, 9.17) is 9.47 Å². The molecule has 0 saturated carbocycles. The Morgan fingerprint density at radius 2 is 1.67 bits per heavy atom. The number of halogens is 1. The fraction of sp³-hybridized carbons (Fsp3) is 0.150. The van der Waals surface area contributed by atoms with E-state index in [1.54, 1.807) is 6.21 Å². The molecule has 3 rings (SSSR count). The molecule has 1 heterocycles. The molecule has 0 spiro atoms. The summed E-state index contributed by atoms with van der Waals surface area (Å²) in [6, 6.07) is 17.8. The van der Waals surface area contributed by atoms with Crippen molar-refractivity contribution in [2.75, 3.05) is 0 Å². The van der Waals surface area contributed by atoms with Crippen molar-refractivity contribution in [3.8, 4) is 0 Å². The minimum atomic E-state index is -0.725. The lowest BCUT2D eigenvalue weighted by Gasteiger charge is -2.33. The summed E-state index contributed by atoms with van der Waals surface area (Å²) in [6.45, 7) is 3.78. The maximum Gasteiger partial charge on any atom is 0.245 e. The second kappa shape index (κ2) is 7.05. The standard InChI is InChI=1S/C20H18BrNO2/c1-20(2)23-18(12-13-22-17-10-8-16(21)9-11-17)14-19(24-20)15-6-4-3-5-7-15/h3-14H,1-2H3. The molecule has 1 aliphatic heterocycles. The van der Waals surface area contributed by atoms with E-state index in [2.05, 4.69) is 20.9 Å². The first-order valence-electron chi connectivity index (χ1n) is 7.67. The summed E-state index contributed by atoms with van der Waals surface area (Å²) in [5.41, 5.74) is 1.90. The van der Waals surface area contributed by atoms with Crippen molar-refractivity contribution in [2.24, 2.45) is 4.99 Å². The molecule has 0 atom stereocenters. The average Bonchev–Trinajstić information content (AvgIpc) is 2.56. The molecule has 0 bridgehead atoms. The number of hydrogen-bond donors (Lipinski definition) is 0. The van der Waals surface area contributed by atoms with Gasteiger partial charge >= 0.3 is 0 Å². The third-order valence-corrected chi connectivity index (χ3v) is 3.87. The molecule has 0 fully saturated rings. The van der Waals surface area contributed by atoms with E-state index >= 15 is 0 Å². The first-order valence-corrected chi connectivity index (χ1v) is 8.46. The fourth-order valence-electron chi connectivity index (χ4n) is 2.31. The number of aliphatic imine (C=N–C) groups is 1. The monoisotopic (exact) mass is 383 g/mol. The Bertz CT molecular complexity index is 790. The fourth-order valence-corrected chi connectivity index (χ4v) is 2.57. The maximum atomic E-state index is 5.92. The van der Waals surface area contributed by atoms with Gasteiger partial charge in [0.1, 0.15) is 11.5 Å². The van der Waals surface area contributed by atoms with Crippen LogP contribution in [0.4, 0.5) is 5.69 Å². The van der Waals surface area contributed by atoms with E-state index in [1.165, 1.54) is 0 Å². The SMILES string of the molecule is CC1(C)OC(=CC=Nc2ccc(Br)cc2)C=C(c2ccccc2)O1. The summed E-state index contributed by atoms with van der Waals surface area (Å²) >= 11 is 3.41. The third kappa shape index (κ3) is 4.36. The number of ether oxygens (including phenoxy) is 2. The van der Waals surface area contributed by atoms with Crippen LogP contribution in [0, 0.1) is 0 Å². The van der Waals surface area contributed by atoms with Crippen molar-refractivity contribution in [3.63, 3.8) is 0 Å². The van der Waals surface area contributed by atoms with E-state index in [9.17, 15) is 0 Å². The van der Waals surface area contributed by atoms with Gasteiger partial charge in [-0.05, 0) is 30.3 Å². The lowest BCUT2D eigenvalue weighted by atomic mass is 10.1. The predicted molar refractivity (Wildman–Crippen MR) is 101 cm³/mol. The molecule has 122 valence electrons.